The molecule has 224 valence electrons. The van der Waals surface area contributed by atoms with Gasteiger partial charge < -0.3 is 15.0 Å². The molecule has 3 aromatic rings. The zero-order chi connectivity index (χ0) is 30.0. The van der Waals surface area contributed by atoms with Gasteiger partial charge >= 0.3 is 18.4 Å². The van der Waals surface area contributed by atoms with Gasteiger partial charge in [0.2, 0.25) is 0 Å². The molecule has 1 amide bonds. The highest BCUT2D eigenvalue weighted by molar-refractivity contribution is 5.82. The molecule has 0 unspecified atom stereocenters. The molecule has 12 heteroatoms. The monoisotopic (exact) mass is 592 g/mol. The number of halogens is 6. The van der Waals surface area contributed by atoms with E-state index in [9.17, 15) is 31.1 Å². The fourth-order valence-electron chi connectivity index (χ4n) is 5.73. The average molecular weight is 593 g/mol. The van der Waals surface area contributed by atoms with Crippen LogP contribution in [0.3, 0.4) is 0 Å². The van der Waals surface area contributed by atoms with E-state index in [4.69, 9.17) is 4.74 Å². The summed E-state index contributed by atoms with van der Waals surface area (Å²) in [6, 6.07) is 17.3. The van der Waals surface area contributed by atoms with Crippen LogP contribution in [0.1, 0.15) is 36.0 Å². The molecule has 2 aromatic carbocycles. The first-order valence-electron chi connectivity index (χ1n) is 13.7. The summed E-state index contributed by atoms with van der Waals surface area (Å²) in [5.74, 6) is 0.504. The fourth-order valence-corrected chi connectivity index (χ4v) is 5.73. The van der Waals surface area contributed by atoms with Crippen LogP contribution < -0.4 is 10.2 Å². The molecule has 1 fully saturated rings. The predicted octanol–water partition coefficient (Wildman–Crippen LogP) is 6.61. The number of alkyl carbamates (subject to hydrolysis) is 1. The lowest BCUT2D eigenvalue weighted by atomic mass is 9.86. The third-order valence-electron chi connectivity index (χ3n) is 7.74. The number of pyridine rings is 1. The van der Waals surface area contributed by atoms with Crippen LogP contribution >= 0.6 is 0 Å². The average Bonchev–Trinajstić information content (AvgIpc) is 3.24. The van der Waals surface area contributed by atoms with Crippen molar-refractivity contribution in [1.29, 1.82) is 0 Å². The van der Waals surface area contributed by atoms with Gasteiger partial charge in [0, 0.05) is 43.5 Å². The van der Waals surface area contributed by atoms with Crippen molar-refractivity contribution in [2.45, 2.75) is 37.2 Å². The highest BCUT2D eigenvalue weighted by Gasteiger charge is 2.46. The number of nitrogens with one attached hydrogen (secondary N) is 1. The highest BCUT2D eigenvalue weighted by Crippen LogP contribution is 2.52. The van der Waals surface area contributed by atoms with Gasteiger partial charge in [-0.25, -0.2) is 9.78 Å². The minimum absolute atomic E-state index is 0.385. The minimum atomic E-state index is -4.57. The molecule has 1 aliphatic heterocycles. The lowest BCUT2D eigenvalue weighted by molar-refractivity contribution is -0.137. The molecule has 0 bridgehead atoms. The van der Waals surface area contributed by atoms with E-state index in [1.807, 2.05) is 58.7 Å². The zero-order valence-electron chi connectivity index (χ0n) is 22.6. The molecule has 2 heterocycles. The number of anilines is 1. The molecular formula is C30H30F6N4O2. The molecule has 6 nitrogen and oxygen atoms in total. The highest BCUT2D eigenvalue weighted by atomic mass is 19.4. The number of nitrogens with zero attached hydrogens (tertiary/aromatic N) is 3. The molecule has 0 atom stereocenters. The van der Waals surface area contributed by atoms with Crippen LogP contribution in [-0.4, -0.2) is 61.4 Å². The minimum Gasteiger partial charge on any atom is -0.433 e. The first-order valence-corrected chi connectivity index (χ1v) is 13.7. The second-order valence-electron chi connectivity index (χ2n) is 10.5. The Labute approximate surface area is 239 Å². The van der Waals surface area contributed by atoms with Gasteiger partial charge in [-0.05, 0) is 49.1 Å². The predicted molar refractivity (Wildman–Crippen MR) is 145 cm³/mol. The van der Waals surface area contributed by atoms with Gasteiger partial charge in [-0.2, -0.15) is 26.3 Å². The Bertz CT molecular complexity index is 1340. The molecule has 1 aromatic heterocycles. The second-order valence-corrected chi connectivity index (χ2v) is 10.5. The van der Waals surface area contributed by atoms with E-state index in [1.54, 1.807) is 0 Å². The molecule has 0 spiro atoms. The van der Waals surface area contributed by atoms with Gasteiger partial charge in [-0.15, -0.1) is 0 Å². The normalized spacial score (nSPS) is 16.6. The van der Waals surface area contributed by atoms with Gasteiger partial charge in [0.1, 0.15) is 12.4 Å². The van der Waals surface area contributed by atoms with E-state index in [1.165, 1.54) is 6.07 Å². The Morgan fingerprint density at radius 1 is 0.857 bits per heavy atom. The first-order chi connectivity index (χ1) is 20.0. The Morgan fingerprint density at radius 3 is 2.02 bits per heavy atom. The van der Waals surface area contributed by atoms with Crippen LogP contribution in [0.15, 0.2) is 66.9 Å². The molecule has 0 saturated carbocycles. The van der Waals surface area contributed by atoms with E-state index < -0.39 is 36.2 Å². The van der Waals surface area contributed by atoms with Crippen LogP contribution in [0, 0.1) is 0 Å². The summed E-state index contributed by atoms with van der Waals surface area (Å²) in [5, 5.41) is 1.85. The summed E-state index contributed by atoms with van der Waals surface area (Å²) < 4.78 is 82.8. The van der Waals surface area contributed by atoms with Gasteiger partial charge in [0.25, 0.3) is 0 Å². The largest absolute Gasteiger partial charge is 0.433 e. The number of fused-ring (bicyclic) bond motifs is 3. The molecule has 2 aliphatic rings. The van der Waals surface area contributed by atoms with Gasteiger partial charge in [-0.3, -0.25) is 4.90 Å². The van der Waals surface area contributed by atoms with Crippen molar-refractivity contribution in [2.24, 2.45) is 0 Å². The molecular weight excluding hydrogens is 562 g/mol. The SMILES string of the molecule is O=C(NCC(F)(F)F)OC1(CCCCN2CCN(c3ccc(C(F)(F)F)cn3)CC2)c2ccccc2-c2ccccc21. The number of carbonyl (C=O) groups is 1. The summed E-state index contributed by atoms with van der Waals surface area (Å²) >= 11 is 0. The van der Waals surface area contributed by atoms with Crippen LogP contribution in [0.25, 0.3) is 11.1 Å². The number of hydrogen-bond donors (Lipinski definition) is 1. The van der Waals surface area contributed by atoms with E-state index in [0.29, 0.717) is 44.8 Å². The summed E-state index contributed by atoms with van der Waals surface area (Å²) in [6.45, 7) is 1.90. The van der Waals surface area contributed by atoms with E-state index >= 15 is 0 Å². The van der Waals surface area contributed by atoms with Crippen molar-refractivity contribution in [1.82, 2.24) is 15.2 Å². The molecule has 1 saturated heterocycles. The van der Waals surface area contributed by atoms with E-state index in [-0.39, 0.29) is 0 Å². The van der Waals surface area contributed by atoms with Gasteiger partial charge in [0.15, 0.2) is 5.60 Å². The summed E-state index contributed by atoms with van der Waals surface area (Å²) in [5.41, 5.74) is 1.24. The van der Waals surface area contributed by atoms with Crippen LogP contribution in [0.2, 0.25) is 0 Å². The Hall–Kier alpha value is -3.80. The molecule has 5 rings (SSSR count). The number of piperazine rings is 1. The van der Waals surface area contributed by atoms with Gasteiger partial charge in [0.05, 0.1) is 5.56 Å². The van der Waals surface area contributed by atoms with Crippen LogP contribution in [0.5, 0.6) is 0 Å². The maximum absolute atomic E-state index is 12.8. The second kappa shape index (κ2) is 11.8. The Balaban J connectivity index is 1.22. The number of rotatable bonds is 8. The summed E-state index contributed by atoms with van der Waals surface area (Å²) in [4.78, 5) is 20.8. The smallest absolute Gasteiger partial charge is 0.417 e. The quantitative estimate of drug-likeness (QED) is 0.236. The van der Waals surface area contributed by atoms with Crippen molar-refractivity contribution < 1.29 is 35.9 Å². The topological polar surface area (TPSA) is 57.7 Å². The maximum atomic E-state index is 12.8. The maximum Gasteiger partial charge on any atom is 0.417 e. The number of unbranched alkanes of at least 4 members (excludes halogenated alkanes) is 1. The fraction of sp³-hybridized carbons (Fsp3) is 0.400. The van der Waals surface area contributed by atoms with E-state index in [2.05, 4.69) is 9.88 Å². The first kappa shape index (κ1) is 29.7. The number of alkyl halides is 6. The number of ether oxygens (including phenoxy) is 1. The number of benzene rings is 2. The molecule has 1 aliphatic carbocycles. The Morgan fingerprint density at radius 2 is 1.48 bits per heavy atom. The Kier molecular flexibility index (Phi) is 8.36. The summed E-state index contributed by atoms with van der Waals surface area (Å²) in [7, 11) is 0. The lowest BCUT2D eigenvalue weighted by Crippen LogP contribution is -2.47. The standard InChI is InChI=1S/C30H30F6N4O2/c31-29(32,33)20-38-27(41)42-28(24-9-3-1-7-22(24)23-8-2-4-10-25(23)28)13-5-6-14-39-15-17-40(18-16-39)26-12-11-21(19-37-26)30(34,35)36/h1-4,7-12,19H,5-6,13-18,20H2,(H,38,41). The number of aromatic nitrogens is 1. The third-order valence-corrected chi connectivity index (χ3v) is 7.74. The van der Waals surface area contributed by atoms with Crippen molar-refractivity contribution in [3.63, 3.8) is 0 Å². The van der Waals surface area contributed by atoms with E-state index in [0.717, 1.165) is 47.5 Å². The number of hydrogen-bond acceptors (Lipinski definition) is 5. The third kappa shape index (κ3) is 6.48. The number of amides is 1. The summed E-state index contributed by atoms with van der Waals surface area (Å²) in [6.07, 6.45) is -7.51. The van der Waals surface area contributed by atoms with Crippen LogP contribution in [-0.2, 0) is 16.5 Å². The molecule has 1 N–H and O–H groups in total. The molecule has 0 radical (unpaired) electrons. The van der Waals surface area contributed by atoms with Crippen molar-refractivity contribution in [2.75, 3.05) is 44.2 Å². The van der Waals surface area contributed by atoms with Gasteiger partial charge in [-0.1, -0.05) is 48.5 Å². The molecule has 42 heavy (non-hydrogen) atoms. The van der Waals surface area contributed by atoms with Crippen molar-refractivity contribution in [3.8, 4) is 11.1 Å². The van der Waals surface area contributed by atoms with Crippen LogP contribution in [0.4, 0.5) is 37.0 Å². The van der Waals surface area contributed by atoms with Crippen molar-refractivity contribution >= 4 is 11.9 Å². The lowest BCUT2D eigenvalue weighted by Gasteiger charge is -2.36. The number of carbonyl (C=O) groups excluding carboxylic acids is 1. The van der Waals surface area contributed by atoms with Crippen molar-refractivity contribution in [3.05, 3.63) is 83.6 Å². The zero-order valence-corrected chi connectivity index (χ0v) is 22.6.